The number of rotatable bonds is 3. The molecule has 1 aliphatic carbocycles. The Morgan fingerprint density at radius 2 is 1.84 bits per heavy atom. The molecule has 2 bridgehead atoms. The van der Waals surface area contributed by atoms with Crippen LogP contribution in [0, 0.1) is 29.6 Å². The van der Waals surface area contributed by atoms with Gasteiger partial charge in [-0.15, -0.1) is 0 Å². The van der Waals surface area contributed by atoms with Crippen LogP contribution in [0.4, 0.5) is 0 Å². The Labute approximate surface area is 151 Å². The van der Waals surface area contributed by atoms with Gasteiger partial charge in [0.15, 0.2) is 11.9 Å². The Hall–Kier alpha value is -0.200. The normalized spacial score (nSPS) is 53.4. The summed E-state index contributed by atoms with van der Waals surface area (Å²) in [5.41, 5.74) is -0.494. The van der Waals surface area contributed by atoms with Crippen molar-refractivity contribution in [3.05, 3.63) is 0 Å². The van der Waals surface area contributed by atoms with Crippen LogP contribution in [0.3, 0.4) is 0 Å². The van der Waals surface area contributed by atoms with Crippen molar-refractivity contribution in [2.45, 2.75) is 96.6 Å². The number of hydrogen-bond acceptors (Lipinski definition) is 5. The van der Waals surface area contributed by atoms with E-state index in [-0.39, 0.29) is 18.1 Å². The summed E-state index contributed by atoms with van der Waals surface area (Å²) in [6.07, 6.45) is 4.12. The number of ether oxygens (including phenoxy) is 2. The van der Waals surface area contributed by atoms with Crippen molar-refractivity contribution in [3.63, 3.8) is 0 Å². The molecule has 144 valence electrons. The Bertz CT molecular complexity index is 510. The molecule has 5 heteroatoms. The first-order valence-electron chi connectivity index (χ1n) is 10.1. The first kappa shape index (κ1) is 18.2. The molecule has 5 nitrogen and oxygen atoms in total. The molecule has 0 aromatic heterocycles. The SMILES string of the molecule is CC(C)[C@@H](O)C[C@H]1O[C@@H]2O[C@]3(C)CC[C@H]4[C@H](C)CC[C@@H]([C@H]1C)[C@@]24OO3. The molecule has 5 rings (SSSR count). The van der Waals surface area contributed by atoms with Crippen molar-refractivity contribution in [1.29, 1.82) is 0 Å². The van der Waals surface area contributed by atoms with Gasteiger partial charge in [0, 0.05) is 18.8 Å². The van der Waals surface area contributed by atoms with Gasteiger partial charge in [0.05, 0.1) is 12.2 Å². The molecule has 5 fully saturated rings. The van der Waals surface area contributed by atoms with E-state index in [1.54, 1.807) is 0 Å². The first-order chi connectivity index (χ1) is 11.8. The first-order valence-corrected chi connectivity index (χ1v) is 10.1. The molecule has 0 aromatic carbocycles. The molecule has 9 atom stereocenters. The van der Waals surface area contributed by atoms with Crippen LogP contribution in [0.2, 0.25) is 0 Å². The second kappa shape index (κ2) is 6.16. The van der Waals surface area contributed by atoms with Crippen LogP contribution in [0.25, 0.3) is 0 Å². The predicted octanol–water partition coefficient (Wildman–Crippen LogP) is 3.64. The highest BCUT2D eigenvalue weighted by atomic mass is 17.3. The fraction of sp³-hybridized carbons (Fsp3) is 1.00. The van der Waals surface area contributed by atoms with Gasteiger partial charge in [0.2, 0.25) is 5.79 Å². The summed E-state index contributed by atoms with van der Waals surface area (Å²) in [6.45, 7) is 10.6. The molecule has 0 amide bonds. The van der Waals surface area contributed by atoms with E-state index in [9.17, 15) is 5.11 Å². The Balaban J connectivity index is 1.67. The van der Waals surface area contributed by atoms with Crippen LogP contribution in [0.5, 0.6) is 0 Å². The molecular weight excluding hydrogens is 320 g/mol. The van der Waals surface area contributed by atoms with Crippen LogP contribution < -0.4 is 0 Å². The summed E-state index contributed by atoms with van der Waals surface area (Å²) >= 11 is 0. The van der Waals surface area contributed by atoms with Gasteiger partial charge in [-0.3, -0.25) is 0 Å². The topological polar surface area (TPSA) is 57.2 Å². The van der Waals surface area contributed by atoms with E-state index in [0.29, 0.717) is 30.1 Å². The molecule has 25 heavy (non-hydrogen) atoms. The van der Waals surface area contributed by atoms with Crippen molar-refractivity contribution >= 4 is 0 Å². The highest BCUT2D eigenvalue weighted by Gasteiger charge is 2.69. The number of hydrogen-bond donors (Lipinski definition) is 1. The van der Waals surface area contributed by atoms with E-state index < -0.39 is 17.7 Å². The third-order valence-electron chi connectivity index (χ3n) is 7.54. The summed E-state index contributed by atoms with van der Waals surface area (Å²) in [4.78, 5) is 12.0. The summed E-state index contributed by atoms with van der Waals surface area (Å²) in [6, 6.07) is 0. The minimum atomic E-state index is -0.723. The van der Waals surface area contributed by atoms with Crippen LogP contribution in [0.1, 0.15) is 66.7 Å². The van der Waals surface area contributed by atoms with Crippen molar-refractivity contribution in [2.24, 2.45) is 29.6 Å². The zero-order valence-electron chi connectivity index (χ0n) is 16.2. The van der Waals surface area contributed by atoms with E-state index >= 15 is 0 Å². The van der Waals surface area contributed by atoms with E-state index in [2.05, 4.69) is 27.7 Å². The zero-order chi connectivity index (χ0) is 18.0. The van der Waals surface area contributed by atoms with Gasteiger partial charge in [-0.05, 0) is 49.9 Å². The van der Waals surface area contributed by atoms with Gasteiger partial charge in [-0.25, -0.2) is 9.78 Å². The molecule has 1 N–H and O–H groups in total. The molecule has 4 aliphatic heterocycles. The predicted molar refractivity (Wildman–Crippen MR) is 92.3 cm³/mol. The lowest BCUT2D eigenvalue weighted by Gasteiger charge is -2.60. The zero-order valence-corrected chi connectivity index (χ0v) is 16.2. The average molecular weight is 354 g/mol. The van der Waals surface area contributed by atoms with Crippen LogP contribution in [0.15, 0.2) is 0 Å². The van der Waals surface area contributed by atoms with Crippen LogP contribution >= 0.6 is 0 Å². The maximum atomic E-state index is 10.4. The molecule has 0 radical (unpaired) electrons. The monoisotopic (exact) mass is 354 g/mol. The number of aliphatic hydroxyl groups excluding tert-OH is 1. The van der Waals surface area contributed by atoms with Crippen molar-refractivity contribution in [2.75, 3.05) is 0 Å². The maximum absolute atomic E-state index is 10.4. The van der Waals surface area contributed by atoms with Crippen molar-refractivity contribution < 1.29 is 24.4 Å². The van der Waals surface area contributed by atoms with Crippen molar-refractivity contribution in [3.8, 4) is 0 Å². The quantitative estimate of drug-likeness (QED) is 0.784. The van der Waals surface area contributed by atoms with Gasteiger partial charge in [-0.1, -0.05) is 27.7 Å². The summed E-state index contributed by atoms with van der Waals surface area (Å²) in [5.74, 6) is 1.15. The minimum absolute atomic E-state index is 0.00127. The third-order valence-corrected chi connectivity index (χ3v) is 7.54. The van der Waals surface area contributed by atoms with E-state index in [1.807, 2.05) is 6.92 Å². The standard InChI is InChI=1S/C20H34O5/c1-11(2)16(21)10-17-13(4)15-7-6-12(3)14-8-9-19(5)23-18(22-17)20(14,15)25-24-19/h11-18,21H,6-10H2,1-5H3/t12-,13-,14+,15+,16+,17-,18-,19+,20-/m1/s1. The van der Waals surface area contributed by atoms with Gasteiger partial charge in [0.25, 0.3) is 0 Å². The smallest absolute Gasteiger partial charge is 0.201 e. The molecule has 0 unspecified atom stereocenters. The summed E-state index contributed by atoms with van der Waals surface area (Å²) < 4.78 is 12.8. The van der Waals surface area contributed by atoms with Gasteiger partial charge in [-0.2, -0.15) is 0 Å². The van der Waals surface area contributed by atoms with Crippen LogP contribution in [-0.4, -0.2) is 35.0 Å². The van der Waals surface area contributed by atoms with E-state index in [0.717, 1.165) is 19.3 Å². The van der Waals surface area contributed by atoms with Gasteiger partial charge >= 0.3 is 0 Å². The number of aliphatic hydroxyl groups is 1. The largest absolute Gasteiger partial charge is 0.393 e. The lowest BCUT2D eigenvalue weighted by Crippen LogP contribution is -2.70. The lowest BCUT2D eigenvalue weighted by molar-refractivity contribution is -0.571. The fourth-order valence-electron chi connectivity index (χ4n) is 5.76. The minimum Gasteiger partial charge on any atom is -0.393 e. The molecule has 4 saturated heterocycles. The lowest BCUT2D eigenvalue weighted by atomic mass is 9.57. The third kappa shape index (κ3) is 2.69. The summed E-state index contributed by atoms with van der Waals surface area (Å²) in [7, 11) is 0. The van der Waals surface area contributed by atoms with Gasteiger partial charge < -0.3 is 14.6 Å². The molecule has 1 saturated carbocycles. The molecule has 5 aliphatic rings. The second-order valence-corrected chi connectivity index (χ2v) is 9.49. The summed E-state index contributed by atoms with van der Waals surface area (Å²) in [5, 5.41) is 10.4. The Morgan fingerprint density at radius 1 is 1.08 bits per heavy atom. The Morgan fingerprint density at radius 3 is 2.56 bits per heavy atom. The van der Waals surface area contributed by atoms with E-state index in [4.69, 9.17) is 19.2 Å². The molecule has 0 aromatic rings. The number of fused-ring (bicyclic) bond motifs is 2. The van der Waals surface area contributed by atoms with Crippen molar-refractivity contribution in [1.82, 2.24) is 0 Å². The Kier molecular flexibility index (Phi) is 4.48. The highest BCUT2D eigenvalue weighted by molar-refractivity contribution is 5.09. The van der Waals surface area contributed by atoms with Crippen LogP contribution in [-0.2, 0) is 19.2 Å². The fourth-order valence-corrected chi connectivity index (χ4v) is 5.76. The molecular formula is C20H34O5. The van der Waals surface area contributed by atoms with Gasteiger partial charge in [0.1, 0.15) is 0 Å². The maximum Gasteiger partial charge on any atom is 0.201 e. The van der Waals surface area contributed by atoms with E-state index in [1.165, 1.54) is 6.42 Å². The molecule has 4 heterocycles. The average Bonchev–Trinajstić information content (AvgIpc) is 2.78. The second-order valence-electron chi connectivity index (χ2n) is 9.49. The molecule has 1 spiro atoms. The highest BCUT2D eigenvalue weighted by Crippen LogP contribution is 2.60.